The van der Waals surface area contributed by atoms with Gasteiger partial charge in [0.25, 0.3) is 0 Å². The molecule has 0 aliphatic carbocycles. The summed E-state index contributed by atoms with van der Waals surface area (Å²) >= 11 is 3.43. The normalized spacial score (nSPS) is 10.4. The van der Waals surface area contributed by atoms with Crippen molar-refractivity contribution in [3.8, 4) is 0 Å². The molecule has 12 heavy (non-hydrogen) atoms. The molecule has 0 aliphatic rings. The van der Waals surface area contributed by atoms with Crippen molar-refractivity contribution in [2.24, 2.45) is 0 Å². The van der Waals surface area contributed by atoms with E-state index in [2.05, 4.69) is 25.9 Å². The van der Waals surface area contributed by atoms with E-state index in [0.717, 1.165) is 10.8 Å². The van der Waals surface area contributed by atoms with E-state index in [0.29, 0.717) is 0 Å². The molecule has 0 aromatic carbocycles. The highest BCUT2D eigenvalue weighted by Crippen LogP contribution is 2.16. The van der Waals surface area contributed by atoms with Crippen LogP contribution in [0.4, 0.5) is 0 Å². The van der Waals surface area contributed by atoms with E-state index in [-0.39, 0.29) is 0 Å². The maximum absolute atomic E-state index is 4.21. The van der Waals surface area contributed by atoms with Crippen molar-refractivity contribution >= 4 is 26.8 Å². The third kappa shape index (κ3) is 1.20. The van der Waals surface area contributed by atoms with Crippen LogP contribution in [-0.2, 0) is 5.33 Å². The lowest BCUT2D eigenvalue weighted by Crippen LogP contribution is -1.85. The number of nitrogens with zero attached hydrogens (tertiary/aromatic N) is 2. The highest BCUT2D eigenvalue weighted by molar-refractivity contribution is 9.08. The standard InChI is InChI=1S/C9H7BrN2/c10-5-7-1-4-12-9-6-11-3-2-8(7)9/h1-4,6H,5H2. The van der Waals surface area contributed by atoms with Crippen LogP contribution in [0.3, 0.4) is 0 Å². The Hall–Kier alpha value is -0.960. The van der Waals surface area contributed by atoms with Gasteiger partial charge in [0, 0.05) is 23.1 Å². The maximum atomic E-state index is 4.21. The Morgan fingerprint density at radius 2 is 2.17 bits per heavy atom. The summed E-state index contributed by atoms with van der Waals surface area (Å²) < 4.78 is 0. The Morgan fingerprint density at radius 1 is 1.25 bits per heavy atom. The average Bonchev–Trinajstić information content (AvgIpc) is 2.17. The average molecular weight is 223 g/mol. The molecule has 60 valence electrons. The molecule has 2 aromatic heterocycles. The Morgan fingerprint density at radius 3 is 3.00 bits per heavy atom. The molecule has 0 saturated carbocycles. The largest absolute Gasteiger partial charge is 0.262 e. The van der Waals surface area contributed by atoms with Crippen molar-refractivity contribution in [1.29, 1.82) is 0 Å². The van der Waals surface area contributed by atoms with E-state index in [1.807, 2.05) is 12.1 Å². The Kier molecular flexibility index (Phi) is 2.04. The molecule has 3 heteroatoms. The van der Waals surface area contributed by atoms with Gasteiger partial charge in [0.05, 0.1) is 11.7 Å². The quantitative estimate of drug-likeness (QED) is 0.694. The van der Waals surface area contributed by atoms with E-state index in [1.165, 1.54) is 10.9 Å². The fourth-order valence-corrected chi connectivity index (χ4v) is 1.66. The van der Waals surface area contributed by atoms with E-state index in [1.54, 1.807) is 18.6 Å². The Labute approximate surface area is 78.8 Å². The van der Waals surface area contributed by atoms with E-state index >= 15 is 0 Å². The van der Waals surface area contributed by atoms with Gasteiger partial charge in [-0.25, -0.2) is 0 Å². The predicted octanol–water partition coefficient (Wildman–Crippen LogP) is 2.52. The second kappa shape index (κ2) is 3.19. The molecular weight excluding hydrogens is 216 g/mol. The van der Waals surface area contributed by atoms with E-state index < -0.39 is 0 Å². The SMILES string of the molecule is BrCc1ccnc2cnccc12. The van der Waals surface area contributed by atoms with Crippen LogP contribution in [0.2, 0.25) is 0 Å². The first-order chi connectivity index (χ1) is 5.92. The molecular formula is C9H7BrN2. The lowest BCUT2D eigenvalue weighted by Gasteiger charge is -2.00. The molecule has 0 fully saturated rings. The van der Waals surface area contributed by atoms with Crippen LogP contribution in [-0.4, -0.2) is 9.97 Å². The van der Waals surface area contributed by atoms with Gasteiger partial charge in [0.1, 0.15) is 0 Å². The molecule has 0 bridgehead atoms. The van der Waals surface area contributed by atoms with Crippen molar-refractivity contribution in [3.05, 3.63) is 36.3 Å². The first-order valence-corrected chi connectivity index (χ1v) is 4.77. The summed E-state index contributed by atoms with van der Waals surface area (Å²) in [4.78, 5) is 8.22. The van der Waals surface area contributed by atoms with Crippen molar-refractivity contribution in [3.63, 3.8) is 0 Å². The molecule has 0 atom stereocenters. The maximum Gasteiger partial charge on any atom is 0.0888 e. The zero-order chi connectivity index (χ0) is 8.39. The van der Waals surface area contributed by atoms with E-state index in [4.69, 9.17) is 0 Å². The minimum absolute atomic E-state index is 0.857. The molecule has 2 aromatic rings. The summed E-state index contributed by atoms with van der Waals surface area (Å²) in [5.41, 5.74) is 2.21. The van der Waals surface area contributed by atoms with Gasteiger partial charge >= 0.3 is 0 Å². The van der Waals surface area contributed by atoms with Gasteiger partial charge in [-0.2, -0.15) is 0 Å². The summed E-state index contributed by atoms with van der Waals surface area (Å²) in [5, 5.41) is 2.03. The summed E-state index contributed by atoms with van der Waals surface area (Å²) in [5.74, 6) is 0. The van der Waals surface area contributed by atoms with Crippen molar-refractivity contribution < 1.29 is 0 Å². The van der Waals surface area contributed by atoms with Crippen molar-refractivity contribution in [2.45, 2.75) is 5.33 Å². The van der Waals surface area contributed by atoms with Gasteiger partial charge in [-0.3, -0.25) is 9.97 Å². The zero-order valence-electron chi connectivity index (χ0n) is 6.37. The fraction of sp³-hybridized carbons (Fsp3) is 0.111. The van der Waals surface area contributed by atoms with Crippen LogP contribution < -0.4 is 0 Å². The molecule has 2 heterocycles. The van der Waals surface area contributed by atoms with Crippen LogP contribution in [0.25, 0.3) is 10.9 Å². The molecule has 0 spiro atoms. The second-order valence-corrected chi connectivity index (χ2v) is 3.06. The predicted molar refractivity (Wildman–Crippen MR) is 52.2 cm³/mol. The topological polar surface area (TPSA) is 25.8 Å². The zero-order valence-corrected chi connectivity index (χ0v) is 7.95. The number of hydrogen-bond donors (Lipinski definition) is 0. The van der Waals surface area contributed by atoms with Gasteiger partial charge < -0.3 is 0 Å². The van der Waals surface area contributed by atoms with Crippen LogP contribution in [0.15, 0.2) is 30.7 Å². The van der Waals surface area contributed by atoms with Crippen LogP contribution >= 0.6 is 15.9 Å². The third-order valence-corrected chi connectivity index (χ3v) is 2.38. The summed E-state index contributed by atoms with van der Waals surface area (Å²) in [6.45, 7) is 0. The van der Waals surface area contributed by atoms with E-state index in [9.17, 15) is 0 Å². The summed E-state index contributed by atoms with van der Waals surface area (Å²) in [6, 6.07) is 4.00. The number of rotatable bonds is 1. The lowest BCUT2D eigenvalue weighted by molar-refractivity contribution is 1.29. The highest BCUT2D eigenvalue weighted by Gasteiger charge is 1.98. The Balaban J connectivity index is 2.79. The smallest absolute Gasteiger partial charge is 0.0888 e. The first kappa shape index (κ1) is 7.68. The highest BCUT2D eigenvalue weighted by atomic mass is 79.9. The number of halogens is 1. The van der Waals surface area contributed by atoms with Gasteiger partial charge in [0.15, 0.2) is 0 Å². The number of hydrogen-bond acceptors (Lipinski definition) is 2. The molecule has 2 nitrogen and oxygen atoms in total. The van der Waals surface area contributed by atoms with Gasteiger partial charge in [-0.15, -0.1) is 0 Å². The monoisotopic (exact) mass is 222 g/mol. The molecule has 0 amide bonds. The third-order valence-electron chi connectivity index (χ3n) is 1.78. The fourth-order valence-electron chi connectivity index (χ4n) is 1.17. The van der Waals surface area contributed by atoms with Crippen molar-refractivity contribution in [1.82, 2.24) is 9.97 Å². The minimum Gasteiger partial charge on any atom is -0.262 e. The lowest BCUT2D eigenvalue weighted by atomic mass is 10.2. The molecule has 0 unspecified atom stereocenters. The number of alkyl halides is 1. The summed E-state index contributed by atoms with van der Waals surface area (Å²) in [7, 11) is 0. The van der Waals surface area contributed by atoms with Crippen LogP contribution in [0.5, 0.6) is 0 Å². The van der Waals surface area contributed by atoms with Crippen LogP contribution in [0.1, 0.15) is 5.56 Å². The number of fused-ring (bicyclic) bond motifs is 1. The molecule has 0 saturated heterocycles. The second-order valence-electron chi connectivity index (χ2n) is 2.50. The molecule has 0 radical (unpaired) electrons. The van der Waals surface area contributed by atoms with Gasteiger partial charge in [-0.05, 0) is 17.7 Å². The first-order valence-electron chi connectivity index (χ1n) is 3.65. The Bertz CT molecular complexity index is 395. The summed E-state index contributed by atoms with van der Waals surface area (Å²) in [6.07, 6.45) is 5.37. The molecule has 0 N–H and O–H groups in total. The molecule has 2 rings (SSSR count). The van der Waals surface area contributed by atoms with Crippen molar-refractivity contribution in [2.75, 3.05) is 0 Å². The minimum atomic E-state index is 0.857. The number of aromatic nitrogens is 2. The number of pyridine rings is 2. The van der Waals surface area contributed by atoms with Gasteiger partial charge in [0.2, 0.25) is 0 Å². The molecule has 0 aliphatic heterocycles. The van der Waals surface area contributed by atoms with Gasteiger partial charge in [-0.1, -0.05) is 15.9 Å². The van der Waals surface area contributed by atoms with Crippen LogP contribution in [0, 0.1) is 0 Å².